The minimum Gasteiger partial charge on any atom is -0.499 e. The van der Waals surface area contributed by atoms with Crippen LogP contribution in [0.2, 0.25) is 0 Å². The Kier molecular flexibility index (Phi) is 22.3. The Morgan fingerprint density at radius 2 is 1.55 bits per heavy atom. The van der Waals surface area contributed by atoms with Crippen molar-refractivity contribution in [1.29, 1.82) is 0 Å². The van der Waals surface area contributed by atoms with E-state index in [0.29, 0.717) is 44.7 Å². The predicted octanol–water partition coefficient (Wildman–Crippen LogP) is 4.42. The van der Waals surface area contributed by atoms with Crippen LogP contribution in [0, 0.1) is 23.7 Å². The van der Waals surface area contributed by atoms with Crippen molar-refractivity contribution >= 4 is 29.5 Å². The highest BCUT2D eigenvalue weighted by molar-refractivity contribution is 5.90. The third-order valence-corrected chi connectivity index (χ3v) is 11.8. The molecular weight excluding hydrogens is 765 g/mol. The molecule has 14 nitrogen and oxygen atoms in total. The molecule has 0 bridgehead atoms. The van der Waals surface area contributed by atoms with Crippen molar-refractivity contribution in [2.75, 3.05) is 55.1 Å². The third kappa shape index (κ3) is 15.2. The van der Waals surface area contributed by atoms with Crippen LogP contribution in [0.3, 0.4) is 0 Å². The number of likely N-dealkylation sites (tertiary alicyclic amines) is 1. The summed E-state index contributed by atoms with van der Waals surface area (Å²) in [6.07, 6.45) is 1.66. The lowest BCUT2D eigenvalue weighted by Gasteiger charge is -2.41. The third-order valence-electron chi connectivity index (χ3n) is 11.8. The van der Waals surface area contributed by atoms with Crippen molar-refractivity contribution in [3.8, 4) is 0 Å². The maximum absolute atomic E-state index is 14.3. The van der Waals surface area contributed by atoms with Gasteiger partial charge in [0.1, 0.15) is 12.1 Å². The molecule has 9 atom stereocenters. The molecule has 1 saturated heterocycles. The topological polar surface area (TPSA) is 159 Å². The van der Waals surface area contributed by atoms with E-state index in [1.54, 1.807) is 44.9 Å². The van der Waals surface area contributed by atoms with Gasteiger partial charge in [-0.15, -0.1) is 0 Å². The maximum Gasteiger partial charge on any atom is 0.245 e. The molecule has 1 aliphatic heterocycles. The van der Waals surface area contributed by atoms with Gasteiger partial charge in [0.2, 0.25) is 29.5 Å². The van der Waals surface area contributed by atoms with Crippen LogP contribution in [0.1, 0.15) is 93.1 Å². The average molecular weight is 843 g/mol. The molecule has 14 heteroatoms. The number of allylic oxidation sites excluding steroid dienone is 1. The smallest absolute Gasteiger partial charge is 0.245 e. The van der Waals surface area contributed by atoms with Gasteiger partial charge in [-0.1, -0.05) is 91.8 Å². The molecular formula is C46H78N6O8. The van der Waals surface area contributed by atoms with Gasteiger partial charge >= 0.3 is 0 Å². The summed E-state index contributed by atoms with van der Waals surface area (Å²) in [7, 11) is 8.53. The Balaban J connectivity index is 2.28. The minimum absolute atomic E-state index is 0.00211. The van der Waals surface area contributed by atoms with Crippen molar-refractivity contribution < 1.29 is 38.2 Å². The van der Waals surface area contributed by atoms with Crippen molar-refractivity contribution in [2.45, 2.75) is 136 Å². The molecule has 0 unspecified atom stereocenters. The molecule has 340 valence electrons. The number of amides is 5. The molecule has 1 aliphatic rings. The van der Waals surface area contributed by atoms with E-state index in [-0.39, 0.29) is 53.7 Å². The zero-order valence-corrected chi connectivity index (χ0v) is 38.9. The van der Waals surface area contributed by atoms with Gasteiger partial charge < -0.3 is 40.0 Å². The van der Waals surface area contributed by atoms with E-state index in [2.05, 4.69) is 22.5 Å². The van der Waals surface area contributed by atoms with Crippen molar-refractivity contribution in [2.24, 2.45) is 23.7 Å². The fourth-order valence-electron chi connectivity index (χ4n) is 8.43. The summed E-state index contributed by atoms with van der Waals surface area (Å²) in [5.74, 6) is -1.57. The zero-order chi connectivity index (χ0) is 45.3. The maximum atomic E-state index is 14.3. The van der Waals surface area contributed by atoms with E-state index in [4.69, 9.17) is 14.2 Å². The van der Waals surface area contributed by atoms with Crippen LogP contribution in [0.25, 0.3) is 0 Å². The zero-order valence-electron chi connectivity index (χ0n) is 38.9. The molecule has 0 saturated carbocycles. The van der Waals surface area contributed by atoms with Crippen LogP contribution in [-0.2, 0) is 44.6 Å². The summed E-state index contributed by atoms with van der Waals surface area (Å²) < 4.78 is 17.5. The number of carbonyl (C=O) groups is 5. The van der Waals surface area contributed by atoms with Crippen molar-refractivity contribution in [3.05, 3.63) is 48.2 Å². The molecule has 0 radical (unpaired) electrons. The monoisotopic (exact) mass is 843 g/mol. The highest BCUT2D eigenvalue weighted by Gasteiger charge is 2.43. The molecule has 3 N–H and O–H groups in total. The molecule has 1 fully saturated rings. The van der Waals surface area contributed by atoms with Crippen LogP contribution >= 0.6 is 0 Å². The Morgan fingerprint density at radius 1 is 0.900 bits per heavy atom. The molecule has 0 aromatic heterocycles. The number of benzene rings is 1. The first-order valence-electron chi connectivity index (χ1n) is 21.8. The van der Waals surface area contributed by atoms with Gasteiger partial charge in [0, 0.05) is 40.8 Å². The largest absolute Gasteiger partial charge is 0.499 e. The molecule has 1 aromatic carbocycles. The number of rotatable bonds is 26. The normalized spacial score (nSPS) is 18.2. The first-order valence-corrected chi connectivity index (χ1v) is 21.8. The van der Waals surface area contributed by atoms with Gasteiger partial charge in [0.15, 0.2) is 0 Å². The summed E-state index contributed by atoms with van der Waals surface area (Å²) in [6, 6.07) is 6.62. The fraction of sp³-hybridized carbons (Fsp3) is 0.717. The first-order chi connectivity index (χ1) is 28.3. The molecule has 1 heterocycles. The van der Waals surface area contributed by atoms with Crippen LogP contribution in [0.4, 0.5) is 0 Å². The second kappa shape index (κ2) is 25.7. The lowest BCUT2D eigenvalue weighted by Crippen LogP contribution is -2.59. The summed E-state index contributed by atoms with van der Waals surface area (Å²) in [6.45, 7) is 20.4. The average Bonchev–Trinajstić information content (AvgIpc) is 3.68. The Bertz CT molecular complexity index is 1510. The Labute approximate surface area is 360 Å². The summed E-state index contributed by atoms with van der Waals surface area (Å²) >= 11 is 0. The van der Waals surface area contributed by atoms with Crippen molar-refractivity contribution in [3.63, 3.8) is 0 Å². The Hall–Kier alpha value is -4.01. The number of likely N-dealkylation sites (N-methyl/N-ethyl adjacent to an activating group) is 2. The lowest BCUT2D eigenvalue weighted by molar-refractivity contribution is -0.148. The summed E-state index contributed by atoms with van der Waals surface area (Å²) in [5.41, 5.74) is 0.899. The van der Waals surface area contributed by atoms with Gasteiger partial charge in [-0.25, -0.2) is 0 Å². The second-order valence-electron chi connectivity index (χ2n) is 17.4. The number of carbonyl (C=O) groups excluding carboxylic acids is 5. The van der Waals surface area contributed by atoms with E-state index in [1.165, 1.54) is 0 Å². The van der Waals surface area contributed by atoms with Gasteiger partial charge in [-0.05, 0) is 63.6 Å². The van der Waals surface area contributed by atoms with E-state index in [1.807, 2.05) is 90.9 Å². The van der Waals surface area contributed by atoms with Crippen LogP contribution in [0.15, 0.2) is 42.7 Å². The lowest BCUT2D eigenvalue weighted by atomic mass is 9.89. The van der Waals surface area contributed by atoms with E-state index in [0.717, 1.165) is 18.4 Å². The molecule has 2 rings (SSSR count). The van der Waals surface area contributed by atoms with Gasteiger partial charge in [0.05, 0.1) is 55.0 Å². The van der Waals surface area contributed by atoms with Crippen LogP contribution in [-0.4, -0.2) is 142 Å². The van der Waals surface area contributed by atoms with Crippen molar-refractivity contribution in [1.82, 2.24) is 30.7 Å². The molecule has 5 amide bonds. The van der Waals surface area contributed by atoms with E-state index in [9.17, 15) is 24.0 Å². The molecule has 0 spiro atoms. The quantitative estimate of drug-likeness (QED) is 0.0908. The van der Waals surface area contributed by atoms with E-state index < -0.39 is 48.3 Å². The first kappa shape index (κ1) is 52.1. The number of nitrogens with one attached hydrogen (secondary N) is 3. The number of methoxy groups -OCH3 is 2. The van der Waals surface area contributed by atoms with Gasteiger partial charge in [-0.2, -0.15) is 0 Å². The summed E-state index contributed by atoms with van der Waals surface area (Å²) in [4.78, 5) is 74.9. The standard InChI is InChI=1S/C46H78N6O8/c1-15-32(8)41(51(12)46(57)39(29(2)3)49-45(56)40(30(4)5)50(10)11)37(58-13)28-38(53)52-25-19-23-36(52)42(59-14)33(9)43(54)48-35(27-34-21-17-16-18-22-34)44(55)47-24-20-26-60-31(6)7/h16-18,21-22,29-30,32-33,35-37,39-42H,6,15,19-20,23-28H2,1-5,7-14H3,(H,47,55)(H,48,54)(H,49,56)/t32-,33+,35-,36-,37+,39-,40-,41-,42+/m0/s1. The van der Waals surface area contributed by atoms with Gasteiger partial charge in [-0.3, -0.25) is 28.9 Å². The van der Waals surface area contributed by atoms with Crippen LogP contribution in [0.5, 0.6) is 0 Å². The minimum atomic E-state index is -0.837. The molecule has 60 heavy (non-hydrogen) atoms. The molecule has 1 aromatic rings. The number of hydrogen-bond donors (Lipinski definition) is 3. The highest BCUT2D eigenvalue weighted by atomic mass is 16.5. The fourth-order valence-corrected chi connectivity index (χ4v) is 8.43. The predicted molar refractivity (Wildman–Crippen MR) is 236 cm³/mol. The van der Waals surface area contributed by atoms with E-state index >= 15 is 0 Å². The SMILES string of the molecule is C=C(C)OCCCNC(=O)[C@H](Cc1ccccc1)NC(=O)[C@H](C)[C@@H](OC)[C@@H]1CCCN1C(=O)C[C@@H](OC)[C@H]([C@@H](C)CC)N(C)C(=O)[C@@H](NC(=O)[C@H](C(C)C)N(C)C)C(C)C. The number of nitrogens with zero attached hydrogens (tertiary/aromatic N) is 3. The highest BCUT2D eigenvalue weighted by Crippen LogP contribution is 2.30. The van der Waals surface area contributed by atoms with Crippen LogP contribution < -0.4 is 16.0 Å². The number of hydrogen-bond acceptors (Lipinski definition) is 9. The van der Waals surface area contributed by atoms with Gasteiger partial charge in [0.25, 0.3) is 0 Å². The second-order valence-corrected chi connectivity index (χ2v) is 17.4. The Morgan fingerprint density at radius 3 is 2.08 bits per heavy atom. The molecule has 0 aliphatic carbocycles. The summed E-state index contributed by atoms with van der Waals surface area (Å²) in [5, 5.41) is 8.95. The number of ether oxygens (including phenoxy) is 3.